The van der Waals surface area contributed by atoms with Gasteiger partial charge in [-0.1, -0.05) is 27.7 Å². The summed E-state index contributed by atoms with van der Waals surface area (Å²) in [4.78, 5) is 2.49. The van der Waals surface area contributed by atoms with E-state index in [9.17, 15) is 0 Å². The Morgan fingerprint density at radius 2 is 2.05 bits per heavy atom. The van der Waals surface area contributed by atoms with Crippen LogP contribution in [-0.2, 0) is 6.42 Å². The number of likely N-dealkylation sites (N-methyl/N-ethyl adjacent to an activating group) is 1. The third kappa shape index (κ3) is 3.09. The van der Waals surface area contributed by atoms with Gasteiger partial charge in [0, 0.05) is 30.5 Å². The zero-order valence-corrected chi connectivity index (χ0v) is 13.8. The fourth-order valence-electron chi connectivity index (χ4n) is 3.61. The molecule has 3 nitrogen and oxygen atoms in total. The second-order valence-corrected chi connectivity index (χ2v) is 7.11. The van der Waals surface area contributed by atoms with Crippen LogP contribution >= 0.6 is 0 Å². The molecule has 0 saturated carbocycles. The van der Waals surface area contributed by atoms with E-state index in [-0.39, 0.29) is 6.04 Å². The lowest BCUT2D eigenvalue weighted by Gasteiger charge is -2.36. The van der Waals surface area contributed by atoms with E-state index in [0.29, 0.717) is 11.5 Å². The van der Waals surface area contributed by atoms with Crippen LogP contribution in [0.15, 0.2) is 12.3 Å². The Morgan fingerprint density at radius 3 is 2.65 bits per heavy atom. The van der Waals surface area contributed by atoms with Crippen molar-refractivity contribution in [3.8, 4) is 0 Å². The van der Waals surface area contributed by atoms with Crippen molar-refractivity contribution < 1.29 is 0 Å². The van der Waals surface area contributed by atoms with Gasteiger partial charge in [0.15, 0.2) is 0 Å². The zero-order valence-electron chi connectivity index (χ0n) is 13.8. The van der Waals surface area contributed by atoms with Crippen LogP contribution in [0, 0.1) is 5.41 Å². The van der Waals surface area contributed by atoms with Crippen molar-refractivity contribution in [3.63, 3.8) is 0 Å². The summed E-state index contributed by atoms with van der Waals surface area (Å²) in [5.74, 6) is 0. The maximum absolute atomic E-state index is 6.37. The van der Waals surface area contributed by atoms with E-state index >= 15 is 0 Å². The maximum atomic E-state index is 6.37. The molecule has 2 N–H and O–H groups in total. The largest absolute Gasteiger partial charge is 0.347 e. The molecule has 1 aliphatic rings. The lowest BCUT2D eigenvalue weighted by atomic mass is 9.74. The fraction of sp³-hybridized carbons (Fsp3) is 0.765. The van der Waals surface area contributed by atoms with Gasteiger partial charge in [0.05, 0.1) is 0 Å². The number of hydrogen-bond acceptors (Lipinski definition) is 2. The van der Waals surface area contributed by atoms with Gasteiger partial charge in [0.2, 0.25) is 0 Å². The monoisotopic (exact) mass is 277 g/mol. The minimum atomic E-state index is 0.204. The van der Waals surface area contributed by atoms with E-state index in [1.165, 1.54) is 11.3 Å². The third-order valence-corrected chi connectivity index (χ3v) is 4.77. The molecule has 1 aromatic heterocycles. The highest BCUT2D eigenvalue weighted by Gasteiger charge is 2.33. The Bertz CT molecular complexity index is 443. The standard InChI is InChI=1S/C17H31N3/c1-6-19(7-2)12-13(3)20-9-8-14-15(18)10-17(4,5)11-16(14)20/h8-9,13,15H,6-7,10-12,18H2,1-5H3. The van der Waals surface area contributed by atoms with Crippen LogP contribution in [0.25, 0.3) is 0 Å². The summed E-state index contributed by atoms with van der Waals surface area (Å²) in [5.41, 5.74) is 9.52. The van der Waals surface area contributed by atoms with Crippen LogP contribution in [0.2, 0.25) is 0 Å². The molecule has 0 amide bonds. The molecule has 2 unspecified atom stereocenters. The Hall–Kier alpha value is -0.800. The molecule has 2 rings (SSSR count). The molecule has 0 fully saturated rings. The summed E-state index contributed by atoms with van der Waals surface area (Å²) >= 11 is 0. The van der Waals surface area contributed by atoms with Crippen molar-refractivity contribution in [1.29, 1.82) is 0 Å². The van der Waals surface area contributed by atoms with Gasteiger partial charge in [0.25, 0.3) is 0 Å². The van der Waals surface area contributed by atoms with Gasteiger partial charge in [-0.25, -0.2) is 0 Å². The molecule has 114 valence electrons. The number of hydrogen-bond donors (Lipinski definition) is 1. The van der Waals surface area contributed by atoms with Gasteiger partial charge in [-0.15, -0.1) is 0 Å². The van der Waals surface area contributed by atoms with Crippen LogP contribution < -0.4 is 5.73 Å². The molecule has 1 aliphatic carbocycles. The van der Waals surface area contributed by atoms with Crippen molar-refractivity contribution in [2.45, 2.75) is 59.5 Å². The maximum Gasteiger partial charge on any atom is 0.0432 e. The number of rotatable bonds is 5. The lowest BCUT2D eigenvalue weighted by Crippen LogP contribution is -2.33. The Morgan fingerprint density at radius 1 is 1.40 bits per heavy atom. The molecular weight excluding hydrogens is 246 g/mol. The first-order chi connectivity index (χ1) is 9.38. The number of nitrogens with two attached hydrogens (primary N) is 1. The van der Waals surface area contributed by atoms with Gasteiger partial charge in [0.1, 0.15) is 0 Å². The second-order valence-electron chi connectivity index (χ2n) is 7.11. The molecule has 0 saturated heterocycles. The molecule has 0 spiro atoms. The number of nitrogens with zero attached hydrogens (tertiary/aromatic N) is 2. The summed E-state index contributed by atoms with van der Waals surface area (Å²) in [6, 6.07) is 2.96. The zero-order chi connectivity index (χ0) is 14.9. The molecule has 0 bridgehead atoms. The molecule has 1 aromatic rings. The third-order valence-electron chi connectivity index (χ3n) is 4.77. The predicted octanol–water partition coefficient (Wildman–Crippen LogP) is 3.36. The van der Waals surface area contributed by atoms with E-state index in [2.05, 4.69) is 56.3 Å². The first kappa shape index (κ1) is 15.6. The highest BCUT2D eigenvalue weighted by molar-refractivity contribution is 5.30. The molecule has 0 aromatic carbocycles. The normalized spacial score (nSPS) is 22.9. The average molecular weight is 277 g/mol. The van der Waals surface area contributed by atoms with Crippen molar-refractivity contribution in [3.05, 3.63) is 23.5 Å². The van der Waals surface area contributed by atoms with Gasteiger partial charge in [-0.3, -0.25) is 0 Å². The first-order valence-corrected chi connectivity index (χ1v) is 8.05. The number of fused-ring (bicyclic) bond motifs is 1. The van der Waals surface area contributed by atoms with Crippen LogP contribution in [0.3, 0.4) is 0 Å². The second kappa shape index (κ2) is 5.90. The minimum Gasteiger partial charge on any atom is -0.347 e. The highest BCUT2D eigenvalue weighted by atomic mass is 15.2. The molecule has 1 heterocycles. The Balaban J connectivity index is 2.22. The van der Waals surface area contributed by atoms with Gasteiger partial charge in [-0.05, 0) is 49.9 Å². The van der Waals surface area contributed by atoms with E-state index in [4.69, 9.17) is 5.73 Å². The van der Waals surface area contributed by atoms with E-state index in [1.54, 1.807) is 0 Å². The van der Waals surface area contributed by atoms with Gasteiger partial charge < -0.3 is 15.2 Å². The van der Waals surface area contributed by atoms with E-state index in [0.717, 1.165) is 32.5 Å². The smallest absolute Gasteiger partial charge is 0.0432 e. The molecule has 0 radical (unpaired) electrons. The fourth-order valence-corrected chi connectivity index (χ4v) is 3.61. The van der Waals surface area contributed by atoms with Gasteiger partial charge >= 0.3 is 0 Å². The van der Waals surface area contributed by atoms with E-state index in [1.807, 2.05) is 0 Å². The Kier molecular flexibility index (Phi) is 4.60. The molecule has 2 atom stereocenters. The number of aromatic nitrogens is 1. The highest BCUT2D eigenvalue weighted by Crippen LogP contribution is 2.40. The SMILES string of the molecule is CCN(CC)CC(C)n1ccc2c1CC(C)(C)CC2N. The van der Waals surface area contributed by atoms with Crippen LogP contribution in [0.1, 0.15) is 64.4 Å². The summed E-state index contributed by atoms with van der Waals surface area (Å²) in [5, 5.41) is 0. The van der Waals surface area contributed by atoms with E-state index < -0.39 is 0 Å². The van der Waals surface area contributed by atoms with Crippen molar-refractivity contribution in [2.24, 2.45) is 11.1 Å². The molecule has 20 heavy (non-hydrogen) atoms. The quantitative estimate of drug-likeness (QED) is 0.895. The lowest BCUT2D eigenvalue weighted by molar-refractivity contribution is 0.244. The summed E-state index contributed by atoms with van der Waals surface area (Å²) in [7, 11) is 0. The van der Waals surface area contributed by atoms with Crippen LogP contribution in [0.4, 0.5) is 0 Å². The van der Waals surface area contributed by atoms with Crippen LogP contribution in [0.5, 0.6) is 0 Å². The Labute approximate surface area is 124 Å². The summed E-state index contributed by atoms with van der Waals surface area (Å²) in [6.07, 6.45) is 4.49. The van der Waals surface area contributed by atoms with Crippen molar-refractivity contribution in [2.75, 3.05) is 19.6 Å². The molecular formula is C17H31N3. The topological polar surface area (TPSA) is 34.2 Å². The first-order valence-electron chi connectivity index (χ1n) is 8.05. The van der Waals surface area contributed by atoms with Gasteiger partial charge in [-0.2, -0.15) is 0 Å². The predicted molar refractivity (Wildman–Crippen MR) is 86.0 cm³/mol. The average Bonchev–Trinajstić information content (AvgIpc) is 2.78. The molecule has 0 aliphatic heterocycles. The van der Waals surface area contributed by atoms with Crippen molar-refractivity contribution in [1.82, 2.24) is 9.47 Å². The minimum absolute atomic E-state index is 0.204. The van der Waals surface area contributed by atoms with Crippen molar-refractivity contribution >= 4 is 0 Å². The summed E-state index contributed by atoms with van der Waals surface area (Å²) < 4.78 is 2.47. The van der Waals surface area contributed by atoms with Crippen LogP contribution in [-0.4, -0.2) is 29.1 Å². The molecule has 3 heteroatoms. The summed E-state index contributed by atoms with van der Waals surface area (Å²) in [6.45, 7) is 14.8.